The van der Waals surface area contributed by atoms with Crippen LogP contribution in [0.2, 0.25) is 0 Å². The van der Waals surface area contributed by atoms with Crippen LogP contribution in [0.5, 0.6) is 0 Å². The van der Waals surface area contributed by atoms with Gasteiger partial charge in [-0.1, -0.05) is 54.3 Å². The van der Waals surface area contributed by atoms with Crippen molar-refractivity contribution < 1.29 is 9.59 Å². The van der Waals surface area contributed by atoms with Crippen molar-refractivity contribution in [3.05, 3.63) is 35.9 Å². The predicted octanol–water partition coefficient (Wildman–Crippen LogP) is 2.51. The molecule has 0 spiro atoms. The summed E-state index contributed by atoms with van der Waals surface area (Å²) in [6.45, 7) is 0.669. The second kappa shape index (κ2) is 6.11. The van der Waals surface area contributed by atoms with E-state index < -0.39 is 0 Å². The van der Waals surface area contributed by atoms with E-state index in [2.05, 4.69) is 0 Å². The number of benzene rings is 1. The molecule has 3 nitrogen and oxygen atoms in total. The summed E-state index contributed by atoms with van der Waals surface area (Å²) in [6, 6.07) is 9.04. The molecule has 0 saturated carbocycles. The topological polar surface area (TPSA) is 37.4 Å². The molecule has 1 aromatic rings. The van der Waals surface area contributed by atoms with Crippen molar-refractivity contribution in [1.82, 2.24) is 4.90 Å². The fourth-order valence-corrected chi connectivity index (χ4v) is 2.98. The standard InChI is InChI=1S/C13H13NO2S2/c15-11(10-4-2-1-3-5-10)6-7-12(16)14-8-9-18-13(14)17/h1-5H,6-9H2. The van der Waals surface area contributed by atoms with E-state index in [9.17, 15) is 9.59 Å². The maximum absolute atomic E-state index is 11.9. The lowest BCUT2D eigenvalue weighted by atomic mass is 10.1. The summed E-state index contributed by atoms with van der Waals surface area (Å²) in [6.07, 6.45) is 0.473. The fraction of sp³-hybridized carbons (Fsp3) is 0.308. The molecule has 1 aromatic carbocycles. The van der Waals surface area contributed by atoms with Crippen LogP contribution in [0.25, 0.3) is 0 Å². The highest BCUT2D eigenvalue weighted by atomic mass is 32.2. The summed E-state index contributed by atoms with van der Waals surface area (Å²) in [7, 11) is 0. The van der Waals surface area contributed by atoms with Crippen molar-refractivity contribution in [3.63, 3.8) is 0 Å². The van der Waals surface area contributed by atoms with Crippen molar-refractivity contribution in [2.45, 2.75) is 12.8 Å². The monoisotopic (exact) mass is 279 g/mol. The molecule has 0 N–H and O–H groups in total. The third kappa shape index (κ3) is 3.17. The Balaban J connectivity index is 1.86. The number of thioether (sulfide) groups is 1. The smallest absolute Gasteiger partial charge is 0.228 e. The van der Waals surface area contributed by atoms with Gasteiger partial charge in [-0.05, 0) is 0 Å². The fourth-order valence-electron chi connectivity index (χ4n) is 1.74. The Morgan fingerprint density at radius 1 is 1.22 bits per heavy atom. The van der Waals surface area contributed by atoms with Crippen molar-refractivity contribution in [1.29, 1.82) is 0 Å². The molecule has 5 heteroatoms. The summed E-state index contributed by atoms with van der Waals surface area (Å²) < 4.78 is 0.632. The number of nitrogens with zero attached hydrogens (tertiary/aromatic N) is 1. The first kappa shape index (κ1) is 13.2. The highest BCUT2D eigenvalue weighted by Gasteiger charge is 2.24. The number of hydrogen-bond donors (Lipinski definition) is 0. The number of carbonyl (C=O) groups is 2. The summed E-state index contributed by atoms with van der Waals surface area (Å²) >= 11 is 6.59. The van der Waals surface area contributed by atoms with Crippen LogP contribution in [0, 0.1) is 0 Å². The predicted molar refractivity (Wildman–Crippen MR) is 76.8 cm³/mol. The summed E-state index contributed by atoms with van der Waals surface area (Å²) in [5.41, 5.74) is 0.656. The van der Waals surface area contributed by atoms with E-state index >= 15 is 0 Å². The highest BCUT2D eigenvalue weighted by molar-refractivity contribution is 8.23. The van der Waals surface area contributed by atoms with Gasteiger partial charge in [0.05, 0.1) is 0 Å². The summed E-state index contributed by atoms with van der Waals surface area (Å²) in [5, 5.41) is 0. The molecule has 1 heterocycles. The van der Waals surface area contributed by atoms with E-state index in [-0.39, 0.29) is 24.5 Å². The van der Waals surface area contributed by atoms with E-state index in [0.29, 0.717) is 16.4 Å². The number of hydrogen-bond acceptors (Lipinski definition) is 4. The van der Waals surface area contributed by atoms with Gasteiger partial charge in [-0.3, -0.25) is 14.5 Å². The second-order valence-corrected chi connectivity index (χ2v) is 5.68. The Kier molecular flexibility index (Phi) is 4.49. The highest BCUT2D eigenvalue weighted by Crippen LogP contribution is 2.19. The molecule has 0 bridgehead atoms. The summed E-state index contributed by atoms with van der Waals surface area (Å²) in [5.74, 6) is 0.813. The second-order valence-electron chi connectivity index (χ2n) is 3.95. The van der Waals surface area contributed by atoms with Gasteiger partial charge in [-0.15, -0.1) is 0 Å². The van der Waals surface area contributed by atoms with Crippen LogP contribution in [-0.2, 0) is 4.79 Å². The Labute approximate surface area is 116 Å². The van der Waals surface area contributed by atoms with Crippen LogP contribution in [0.1, 0.15) is 23.2 Å². The van der Waals surface area contributed by atoms with Crippen LogP contribution in [-0.4, -0.2) is 33.2 Å². The normalized spacial score (nSPS) is 14.9. The number of Topliss-reactive ketones (excluding diaryl/α,β-unsaturated/α-hetero) is 1. The molecule has 1 amide bonds. The molecule has 94 valence electrons. The van der Waals surface area contributed by atoms with Crippen molar-refractivity contribution in [2.24, 2.45) is 0 Å². The van der Waals surface area contributed by atoms with Crippen molar-refractivity contribution in [2.75, 3.05) is 12.3 Å². The molecule has 1 aliphatic rings. The average Bonchev–Trinajstić information content (AvgIpc) is 2.83. The van der Waals surface area contributed by atoms with Gasteiger partial charge in [0, 0.05) is 30.7 Å². The maximum Gasteiger partial charge on any atom is 0.228 e. The van der Waals surface area contributed by atoms with Gasteiger partial charge in [0.2, 0.25) is 5.91 Å². The van der Waals surface area contributed by atoms with Gasteiger partial charge in [0.1, 0.15) is 4.32 Å². The van der Waals surface area contributed by atoms with E-state index in [0.717, 1.165) is 5.75 Å². The van der Waals surface area contributed by atoms with Crippen LogP contribution in [0.4, 0.5) is 0 Å². The van der Waals surface area contributed by atoms with Crippen LogP contribution < -0.4 is 0 Å². The van der Waals surface area contributed by atoms with Crippen molar-refractivity contribution in [3.8, 4) is 0 Å². The lowest BCUT2D eigenvalue weighted by Gasteiger charge is -2.13. The molecule has 0 unspecified atom stereocenters. The van der Waals surface area contributed by atoms with E-state index in [1.165, 1.54) is 11.8 Å². The lowest BCUT2D eigenvalue weighted by Crippen LogP contribution is -2.30. The average molecular weight is 279 g/mol. The molecule has 1 aliphatic heterocycles. The molecular weight excluding hydrogens is 266 g/mol. The zero-order valence-electron chi connectivity index (χ0n) is 9.80. The number of thiocarbonyl (C=S) groups is 1. The zero-order valence-corrected chi connectivity index (χ0v) is 11.4. The molecule has 2 rings (SSSR count). The molecular formula is C13H13NO2S2. The van der Waals surface area contributed by atoms with Crippen LogP contribution in [0.15, 0.2) is 30.3 Å². The van der Waals surface area contributed by atoms with Crippen molar-refractivity contribution >= 4 is 40.0 Å². The Morgan fingerprint density at radius 2 is 1.94 bits per heavy atom. The van der Waals surface area contributed by atoms with Gasteiger partial charge >= 0.3 is 0 Å². The third-order valence-corrected chi connectivity index (χ3v) is 4.15. The molecule has 0 radical (unpaired) electrons. The SMILES string of the molecule is O=C(CCC(=O)N1CCSC1=S)c1ccccc1. The summed E-state index contributed by atoms with van der Waals surface area (Å²) in [4.78, 5) is 25.3. The van der Waals surface area contributed by atoms with Gasteiger partial charge in [0.15, 0.2) is 5.78 Å². The molecule has 0 aliphatic carbocycles. The maximum atomic E-state index is 11.9. The first-order chi connectivity index (χ1) is 8.68. The first-order valence-corrected chi connectivity index (χ1v) is 7.13. The van der Waals surface area contributed by atoms with Crippen LogP contribution >= 0.6 is 24.0 Å². The number of ketones is 1. The molecule has 0 aromatic heterocycles. The van der Waals surface area contributed by atoms with Gasteiger partial charge in [-0.25, -0.2) is 0 Å². The zero-order chi connectivity index (χ0) is 13.0. The largest absolute Gasteiger partial charge is 0.297 e. The Bertz CT molecular complexity index is 473. The quantitative estimate of drug-likeness (QED) is 0.627. The van der Waals surface area contributed by atoms with Gasteiger partial charge in [0.25, 0.3) is 0 Å². The molecule has 18 heavy (non-hydrogen) atoms. The van der Waals surface area contributed by atoms with Gasteiger partial charge < -0.3 is 0 Å². The number of carbonyl (C=O) groups excluding carboxylic acids is 2. The minimum absolute atomic E-state index is 0.00159. The minimum Gasteiger partial charge on any atom is -0.297 e. The van der Waals surface area contributed by atoms with Crippen LogP contribution in [0.3, 0.4) is 0 Å². The first-order valence-electron chi connectivity index (χ1n) is 5.74. The third-order valence-electron chi connectivity index (χ3n) is 2.72. The number of amides is 1. The van der Waals surface area contributed by atoms with E-state index in [1.54, 1.807) is 17.0 Å². The van der Waals surface area contributed by atoms with E-state index in [1.807, 2.05) is 18.2 Å². The van der Waals surface area contributed by atoms with E-state index in [4.69, 9.17) is 12.2 Å². The molecule has 1 fully saturated rings. The van der Waals surface area contributed by atoms with Gasteiger partial charge in [-0.2, -0.15) is 0 Å². The molecule has 1 saturated heterocycles. The Morgan fingerprint density at radius 3 is 2.56 bits per heavy atom. The minimum atomic E-state index is -0.0470. The number of rotatable bonds is 4. The molecule has 0 atom stereocenters. The Hall–Kier alpha value is -1.20. The lowest BCUT2D eigenvalue weighted by molar-refractivity contribution is -0.126.